The molecule has 3 heterocycles. The smallest absolute Gasteiger partial charge is 0.195 e. The molecule has 3 saturated heterocycles. The van der Waals surface area contributed by atoms with Crippen LogP contribution in [0.4, 0.5) is 0 Å². The number of hydrogen-bond donors (Lipinski definition) is 11. The largest absolute Gasteiger partial charge is 0.394 e. The predicted octanol–water partition coefficient (Wildman–Crippen LogP) is -7.11. The van der Waals surface area contributed by atoms with Crippen molar-refractivity contribution >= 4 is 11.6 Å². The molecule has 35 heavy (non-hydrogen) atoms. The van der Waals surface area contributed by atoms with Crippen LogP contribution in [-0.2, 0) is 23.7 Å². The molecule has 0 bridgehead atoms. The Bertz CT molecular complexity index is 698. The fourth-order valence-electron chi connectivity index (χ4n) is 4.18. The average Bonchev–Trinajstić information content (AvgIpc) is 2.85. The van der Waals surface area contributed by atoms with E-state index >= 15 is 0 Å². The van der Waals surface area contributed by atoms with E-state index in [1.54, 1.807) is 0 Å². The van der Waals surface area contributed by atoms with Crippen LogP contribution in [0.3, 0.4) is 0 Å². The minimum Gasteiger partial charge on any atom is -0.394 e. The molecular formula is C18H34ClN3O13. The quantitative estimate of drug-likeness (QED) is 0.135. The lowest BCUT2D eigenvalue weighted by Gasteiger charge is -2.49. The molecular weight excluding hydrogens is 502 g/mol. The fourth-order valence-corrected chi connectivity index (χ4v) is 4.39. The van der Waals surface area contributed by atoms with Crippen molar-refractivity contribution in [3.8, 4) is 0 Å². The van der Waals surface area contributed by atoms with Crippen LogP contribution in [-0.4, -0.2) is 152 Å². The molecule has 3 aliphatic rings. The number of aliphatic hydroxyl groups excluding tert-OH is 8. The molecule has 16 nitrogen and oxygen atoms in total. The number of hydrogen-bond acceptors (Lipinski definition) is 16. The first kappa shape index (κ1) is 29.2. The standard InChI is InChI=1S/C18H34ClN3O13/c19-18(3-25)14(29)11(28)8(22)17(35-18)34-13-5(2-24)32-16(7(21)10(13)27)33-12-4(1-23)31-15(30)6(20)9(12)26/h4-17,23-30H,1-3,20-22H2/t4-,5-,6-,7-,8-,9-,10-,11-,12?,13?,14+,15-,16+,17+,18+/m1/s1. The maximum Gasteiger partial charge on any atom is 0.195 e. The molecule has 3 fully saturated rings. The highest BCUT2D eigenvalue weighted by molar-refractivity contribution is 6.23. The van der Waals surface area contributed by atoms with E-state index in [2.05, 4.69) is 0 Å². The van der Waals surface area contributed by atoms with Crippen molar-refractivity contribution in [2.45, 2.75) is 90.9 Å². The molecule has 0 radical (unpaired) electrons. The Kier molecular flexibility index (Phi) is 9.67. The normalized spacial score (nSPS) is 53.5. The first-order valence-corrected chi connectivity index (χ1v) is 11.3. The maximum absolute atomic E-state index is 10.8. The molecule has 0 aromatic rings. The van der Waals surface area contributed by atoms with E-state index in [0.717, 1.165) is 0 Å². The third-order valence-electron chi connectivity index (χ3n) is 6.41. The van der Waals surface area contributed by atoms with E-state index in [-0.39, 0.29) is 0 Å². The van der Waals surface area contributed by atoms with E-state index in [1.165, 1.54) is 0 Å². The van der Waals surface area contributed by atoms with Gasteiger partial charge in [0.05, 0.1) is 37.9 Å². The van der Waals surface area contributed by atoms with Gasteiger partial charge in [-0.15, -0.1) is 0 Å². The van der Waals surface area contributed by atoms with Gasteiger partial charge in [0.25, 0.3) is 0 Å². The second kappa shape index (κ2) is 11.6. The van der Waals surface area contributed by atoms with Crippen molar-refractivity contribution in [2.75, 3.05) is 19.8 Å². The number of aliphatic hydroxyl groups is 8. The Morgan fingerprint density at radius 2 is 1.20 bits per heavy atom. The van der Waals surface area contributed by atoms with Gasteiger partial charge in [-0.2, -0.15) is 0 Å². The Balaban J connectivity index is 1.74. The second-order valence-electron chi connectivity index (χ2n) is 8.75. The minimum atomic E-state index is -2.16. The zero-order valence-corrected chi connectivity index (χ0v) is 19.2. The number of rotatable bonds is 7. The number of ether oxygens (including phenoxy) is 5. The SMILES string of the molecule is N[C@H]1[C@@H](OC2[C@@H](CO)O[C@@H](OC3[C@@H](CO)O[C@@H](O)[C@H](N)[C@H]3O)[C@H](N)[C@H]2O)O[C@@](Cl)(CO)[C@@H](O)[C@@H]1O. The van der Waals surface area contributed by atoms with E-state index < -0.39 is 111 Å². The maximum atomic E-state index is 10.8. The van der Waals surface area contributed by atoms with Gasteiger partial charge in [-0.05, 0) is 0 Å². The van der Waals surface area contributed by atoms with Gasteiger partial charge < -0.3 is 81.7 Å². The van der Waals surface area contributed by atoms with Gasteiger partial charge in [0, 0.05) is 0 Å². The number of nitrogens with two attached hydrogens (primary N) is 3. The lowest BCUT2D eigenvalue weighted by atomic mass is 9.94. The van der Waals surface area contributed by atoms with Crippen molar-refractivity contribution in [2.24, 2.45) is 17.2 Å². The van der Waals surface area contributed by atoms with Gasteiger partial charge >= 0.3 is 0 Å². The Morgan fingerprint density at radius 3 is 1.74 bits per heavy atom. The summed E-state index contributed by atoms with van der Waals surface area (Å²) in [4.78, 5) is 0. The Morgan fingerprint density at radius 1 is 0.714 bits per heavy atom. The van der Waals surface area contributed by atoms with Crippen LogP contribution in [0.2, 0.25) is 0 Å². The van der Waals surface area contributed by atoms with E-state index in [0.29, 0.717) is 0 Å². The molecule has 0 aliphatic carbocycles. The highest BCUT2D eigenvalue weighted by Gasteiger charge is 2.55. The molecule has 17 heteroatoms. The molecule has 0 aromatic heterocycles. The van der Waals surface area contributed by atoms with E-state index in [1.807, 2.05) is 0 Å². The van der Waals surface area contributed by atoms with Crippen LogP contribution in [0.25, 0.3) is 0 Å². The van der Waals surface area contributed by atoms with Gasteiger partial charge in [-0.1, -0.05) is 11.6 Å². The van der Waals surface area contributed by atoms with E-state index in [4.69, 9.17) is 52.5 Å². The summed E-state index contributed by atoms with van der Waals surface area (Å²) >= 11 is 6.02. The van der Waals surface area contributed by atoms with Crippen LogP contribution in [0.5, 0.6) is 0 Å². The van der Waals surface area contributed by atoms with Crippen molar-refractivity contribution in [3.05, 3.63) is 0 Å². The fraction of sp³-hybridized carbons (Fsp3) is 1.00. The van der Waals surface area contributed by atoms with Crippen molar-refractivity contribution in [1.82, 2.24) is 0 Å². The van der Waals surface area contributed by atoms with Crippen LogP contribution in [0.1, 0.15) is 0 Å². The van der Waals surface area contributed by atoms with Gasteiger partial charge in [-0.25, -0.2) is 0 Å². The highest BCUT2D eigenvalue weighted by atomic mass is 35.5. The summed E-state index contributed by atoms with van der Waals surface area (Å²) in [5.41, 5.74) is 17.6. The summed E-state index contributed by atoms with van der Waals surface area (Å²) in [6.45, 7) is -2.32. The third-order valence-corrected chi connectivity index (χ3v) is 6.84. The average molecular weight is 536 g/mol. The zero-order valence-electron chi connectivity index (χ0n) is 18.4. The van der Waals surface area contributed by atoms with Crippen molar-refractivity contribution in [3.63, 3.8) is 0 Å². The third kappa shape index (κ3) is 5.59. The van der Waals surface area contributed by atoms with Crippen LogP contribution < -0.4 is 17.2 Å². The number of halogens is 1. The molecule has 3 rings (SSSR count). The van der Waals surface area contributed by atoms with Gasteiger partial charge in [-0.3, -0.25) is 0 Å². The predicted molar refractivity (Wildman–Crippen MR) is 112 cm³/mol. The molecule has 0 amide bonds. The van der Waals surface area contributed by atoms with Gasteiger partial charge in [0.2, 0.25) is 0 Å². The summed E-state index contributed by atoms with van der Waals surface area (Å²) in [6, 6.07) is -4.04. The molecule has 0 aromatic carbocycles. The topological polar surface area (TPSA) is 286 Å². The van der Waals surface area contributed by atoms with Crippen LogP contribution in [0, 0.1) is 0 Å². The summed E-state index contributed by atoms with van der Waals surface area (Å²) in [5.74, 6) is 0. The highest BCUT2D eigenvalue weighted by Crippen LogP contribution is 2.35. The molecule has 0 saturated carbocycles. The molecule has 2 unspecified atom stereocenters. The molecule has 14 N–H and O–H groups in total. The molecule has 0 spiro atoms. The summed E-state index contributed by atoms with van der Waals surface area (Å²) in [7, 11) is 0. The minimum absolute atomic E-state index is 0.665. The molecule has 206 valence electrons. The number of alkyl halides is 1. The first-order valence-electron chi connectivity index (χ1n) is 10.9. The van der Waals surface area contributed by atoms with Gasteiger partial charge in [0.15, 0.2) is 23.9 Å². The Labute approximate surface area is 204 Å². The zero-order chi connectivity index (χ0) is 26.2. The second-order valence-corrected chi connectivity index (χ2v) is 9.39. The van der Waals surface area contributed by atoms with Crippen molar-refractivity contribution < 1.29 is 64.5 Å². The van der Waals surface area contributed by atoms with Gasteiger partial charge in [0.1, 0.15) is 48.8 Å². The summed E-state index contributed by atoms with van der Waals surface area (Å²) < 4.78 is 27.3. The van der Waals surface area contributed by atoms with Crippen LogP contribution in [0.15, 0.2) is 0 Å². The monoisotopic (exact) mass is 535 g/mol. The molecule has 3 aliphatic heterocycles. The summed E-state index contributed by atoms with van der Waals surface area (Å²) in [6.07, 6.45) is -16.5. The Hall–Kier alpha value is -0.350. The van der Waals surface area contributed by atoms with Crippen LogP contribution >= 0.6 is 11.6 Å². The lowest BCUT2D eigenvalue weighted by molar-refractivity contribution is -0.351. The van der Waals surface area contributed by atoms with E-state index in [9.17, 15) is 40.9 Å². The lowest BCUT2D eigenvalue weighted by Crippen LogP contribution is -2.70. The first-order chi connectivity index (χ1) is 16.4. The van der Waals surface area contributed by atoms with Crippen molar-refractivity contribution in [1.29, 1.82) is 0 Å². The molecule has 15 atom stereocenters. The summed E-state index contributed by atoms with van der Waals surface area (Å²) in [5, 5.41) is 77.9.